The predicted molar refractivity (Wildman–Crippen MR) is 109 cm³/mol. The third-order valence-electron chi connectivity index (χ3n) is 4.12. The summed E-state index contributed by atoms with van der Waals surface area (Å²) in [5.74, 6) is -0.668. The largest absolute Gasteiger partial charge is 0.434 e. The van der Waals surface area contributed by atoms with E-state index in [4.69, 9.17) is 0 Å². The number of carbonyl (C=O) groups excluding carboxylic acids is 1. The van der Waals surface area contributed by atoms with Crippen LogP contribution in [0.4, 0.5) is 8.78 Å². The SMILES string of the molecule is C=CCn1c(SCC(=O)c2cc(C)ccc2OC(F)F)nc2ccccc2c1=O. The number of para-hydroxylation sites is 1. The molecule has 0 aliphatic carbocycles. The number of carbonyl (C=O) groups is 1. The number of aromatic nitrogens is 2. The molecule has 150 valence electrons. The molecule has 0 spiro atoms. The van der Waals surface area contributed by atoms with Crippen molar-refractivity contribution in [2.24, 2.45) is 0 Å². The van der Waals surface area contributed by atoms with Crippen LogP contribution in [-0.4, -0.2) is 27.7 Å². The lowest BCUT2D eigenvalue weighted by Gasteiger charge is -2.13. The lowest BCUT2D eigenvalue weighted by Crippen LogP contribution is -2.23. The number of ether oxygens (including phenoxy) is 1. The van der Waals surface area contributed by atoms with E-state index < -0.39 is 12.4 Å². The number of aryl methyl sites for hydroxylation is 1. The van der Waals surface area contributed by atoms with E-state index in [1.807, 2.05) is 0 Å². The van der Waals surface area contributed by atoms with Crippen LogP contribution in [-0.2, 0) is 6.54 Å². The molecule has 1 aromatic heterocycles. The van der Waals surface area contributed by atoms with Gasteiger partial charge in [-0.25, -0.2) is 4.98 Å². The Morgan fingerprint density at radius 3 is 2.79 bits per heavy atom. The first kappa shape index (κ1) is 20.7. The Labute approximate surface area is 170 Å². The summed E-state index contributed by atoms with van der Waals surface area (Å²) in [6, 6.07) is 11.4. The quantitative estimate of drug-likeness (QED) is 0.235. The summed E-state index contributed by atoms with van der Waals surface area (Å²) < 4.78 is 31.2. The Kier molecular flexibility index (Phi) is 6.43. The molecule has 0 N–H and O–H groups in total. The molecule has 0 saturated heterocycles. The molecule has 8 heteroatoms. The van der Waals surface area contributed by atoms with E-state index in [1.54, 1.807) is 43.3 Å². The number of alkyl halides is 2. The highest BCUT2D eigenvalue weighted by atomic mass is 32.2. The van der Waals surface area contributed by atoms with E-state index in [2.05, 4.69) is 16.3 Å². The summed E-state index contributed by atoms with van der Waals surface area (Å²) in [5.41, 5.74) is 1.09. The molecule has 3 rings (SSSR count). The number of allylic oxidation sites excluding steroid dienone is 1. The fourth-order valence-corrected chi connectivity index (χ4v) is 3.71. The summed E-state index contributed by atoms with van der Waals surface area (Å²) in [6.45, 7) is 2.61. The van der Waals surface area contributed by atoms with E-state index >= 15 is 0 Å². The van der Waals surface area contributed by atoms with E-state index in [0.717, 1.165) is 17.3 Å². The Morgan fingerprint density at radius 1 is 1.31 bits per heavy atom. The van der Waals surface area contributed by atoms with Crippen LogP contribution in [0.25, 0.3) is 10.9 Å². The van der Waals surface area contributed by atoms with Gasteiger partial charge < -0.3 is 4.74 Å². The molecule has 0 unspecified atom stereocenters. The zero-order valence-electron chi connectivity index (χ0n) is 15.6. The van der Waals surface area contributed by atoms with Gasteiger partial charge in [0, 0.05) is 6.54 Å². The van der Waals surface area contributed by atoms with Gasteiger partial charge in [0.15, 0.2) is 10.9 Å². The molecule has 0 aliphatic rings. The van der Waals surface area contributed by atoms with Gasteiger partial charge in [-0.1, -0.05) is 41.6 Å². The maximum absolute atomic E-state index is 12.7. The van der Waals surface area contributed by atoms with Crippen molar-refractivity contribution in [3.63, 3.8) is 0 Å². The highest BCUT2D eigenvalue weighted by molar-refractivity contribution is 7.99. The lowest BCUT2D eigenvalue weighted by molar-refractivity contribution is -0.0501. The van der Waals surface area contributed by atoms with Crippen molar-refractivity contribution in [1.82, 2.24) is 9.55 Å². The average Bonchev–Trinajstić information content (AvgIpc) is 2.69. The molecule has 3 aromatic rings. The van der Waals surface area contributed by atoms with Gasteiger partial charge in [-0.3, -0.25) is 14.2 Å². The normalized spacial score (nSPS) is 11.0. The summed E-state index contributed by atoms with van der Waals surface area (Å²) >= 11 is 1.06. The summed E-state index contributed by atoms with van der Waals surface area (Å²) in [5, 5.41) is 0.822. The first-order valence-electron chi connectivity index (χ1n) is 8.72. The minimum atomic E-state index is -3.03. The second kappa shape index (κ2) is 9.00. The maximum Gasteiger partial charge on any atom is 0.387 e. The predicted octanol–water partition coefficient (Wildman–Crippen LogP) is 4.47. The lowest BCUT2D eigenvalue weighted by atomic mass is 10.1. The summed E-state index contributed by atoms with van der Waals surface area (Å²) in [4.78, 5) is 29.9. The molecule has 0 saturated carbocycles. The van der Waals surface area contributed by atoms with Gasteiger partial charge in [-0.15, -0.1) is 6.58 Å². The van der Waals surface area contributed by atoms with E-state index in [1.165, 1.54) is 16.7 Å². The average molecular weight is 416 g/mol. The number of hydrogen-bond donors (Lipinski definition) is 0. The minimum Gasteiger partial charge on any atom is -0.434 e. The number of halogens is 2. The first-order valence-corrected chi connectivity index (χ1v) is 9.71. The van der Waals surface area contributed by atoms with Crippen molar-refractivity contribution in [3.8, 4) is 5.75 Å². The molecule has 1 heterocycles. The maximum atomic E-state index is 12.7. The molecule has 2 aromatic carbocycles. The summed E-state index contributed by atoms with van der Waals surface area (Å²) in [6.07, 6.45) is 1.57. The van der Waals surface area contributed by atoms with Gasteiger partial charge in [0.1, 0.15) is 5.75 Å². The number of ketones is 1. The van der Waals surface area contributed by atoms with Crippen molar-refractivity contribution < 1.29 is 18.3 Å². The van der Waals surface area contributed by atoms with Gasteiger partial charge >= 0.3 is 6.61 Å². The van der Waals surface area contributed by atoms with E-state index in [-0.39, 0.29) is 29.2 Å². The Bertz CT molecular complexity index is 1130. The van der Waals surface area contributed by atoms with Crippen LogP contribution < -0.4 is 10.3 Å². The third-order valence-corrected chi connectivity index (χ3v) is 5.10. The molecule has 0 aliphatic heterocycles. The molecule has 0 bridgehead atoms. The van der Waals surface area contributed by atoms with Crippen LogP contribution in [0.1, 0.15) is 15.9 Å². The molecule has 0 radical (unpaired) electrons. The first-order chi connectivity index (χ1) is 13.9. The van der Waals surface area contributed by atoms with Crippen molar-refractivity contribution in [2.75, 3.05) is 5.75 Å². The number of benzene rings is 2. The van der Waals surface area contributed by atoms with Crippen molar-refractivity contribution >= 4 is 28.4 Å². The monoisotopic (exact) mass is 416 g/mol. The minimum absolute atomic E-state index is 0.0659. The van der Waals surface area contributed by atoms with Gasteiger partial charge in [-0.05, 0) is 31.2 Å². The van der Waals surface area contributed by atoms with Gasteiger partial charge in [-0.2, -0.15) is 8.78 Å². The zero-order chi connectivity index (χ0) is 21.0. The number of rotatable bonds is 8. The van der Waals surface area contributed by atoms with Gasteiger partial charge in [0.05, 0.1) is 22.2 Å². The standard InChI is InChI=1S/C21H18F2N2O3S/c1-3-10-25-19(27)14-6-4-5-7-16(14)24-21(25)29-12-17(26)15-11-13(2)8-9-18(15)28-20(22)23/h3-9,11,20H,1,10,12H2,2H3. The van der Waals surface area contributed by atoms with Gasteiger partial charge in [0.2, 0.25) is 0 Å². The highest BCUT2D eigenvalue weighted by Gasteiger charge is 2.18. The molecular weight excluding hydrogens is 398 g/mol. The number of thioether (sulfide) groups is 1. The Morgan fingerprint density at radius 2 is 2.07 bits per heavy atom. The summed E-state index contributed by atoms with van der Waals surface area (Å²) in [7, 11) is 0. The van der Waals surface area contributed by atoms with Crippen LogP contribution in [0.5, 0.6) is 5.75 Å². The molecule has 29 heavy (non-hydrogen) atoms. The van der Waals surface area contributed by atoms with Crippen LogP contribution in [0.15, 0.2) is 65.1 Å². The van der Waals surface area contributed by atoms with Crippen molar-refractivity contribution in [1.29, 1.82) is 0 Å². The Hall–Kier alpha value is -3.00. The number of fused-ring (bicyclic) bond motifs is 1. The second-order valence-corrected chi connectivity index (χ2v) is 7.15. The van der Waals surface area contributed by atoms with Crippen LogP contribution >= 0.6 is 11.8 Å². The molecule has 5 nitrogen and oxygen atoms in total. The number of Topliss-reactive ketones (excluding diaryl/α,β-unsaturated/α-hetero) is 1. The van der Waals surface area contributed by atoms with Crippen LogP contribution in [0, 0.1) is 6.92 Å². The fraction of sp³-hybridized carbons (Fsp3) is 0.190. The van der Waals surface area contributed by atoms with Crippen molar-refractivity contribution in [2.45, 2.75) is 25.2 Å². The van der Waals surface area contributed by atoms with Crippen LogP contribution in [0.2, 0.25) is 0 Å². The topological polar surface area (TPSA) is 61.2 Å². The van der Waals surface area contributed by atoms with E-state index in [9.17, 15) is 18.4 Å². The highest BCUT2D eigenvalue weighted by Crippen LogP contribution is 2.26. The van der Waals surface area contributed by atoms with Crippen LogP contribution in [0.3, 0.4) is 0 Å². The third kappa shape index (κ3) is 4.71. The van der Waals surface area contributed by atoms with Gasteiger partial charge in [0.25, 0.3) is 5.56 Å². The zero-order valence-corrected chi connectivity index (χ0v) is 16.4. The van der Waals surface area contributed by atoms with Crippen molar-refractivity contribution in [3.05, 3.63) is 76.6 Å². The second-order valence-electron chi connectivity index (χ2n) is 6.21. The molecular formula is C21H18F2N2O3S. The van der Waals surface area contributed by atoms with E-state index in [0.29, 0.717) is 16.1 Å². The Balaban J connectivity index is 1.92. The molecule has 0 atom stereocenters. The molecule has 0 amide bonds. The number of hydrogen-bond acceptors (Lipinski definition) is 5. The fourth-order valence-electron chi connectivity index (χ4n) is 2.82. The number of nitrogens with zero attached hydrogens (tertiary/aromatic N) is 2. The smallest absolute Gasteiger partial charge is 0.387 e. The molecule has 0 fully saturated rings.